The zero-order chi connectivity index (χ0) is 12.4. The molecule has 0 saturated heterocycles. The molecule has 0 radical (unpaired) electrons. The molecule has 0 bridgehead atoms. The van der Waals surface area contributed by atoms with Crippen molar-refractivity contribution in [3.8, 4) is 0 Å². The van der Waals surface area contributed by atoms with Crippen LogP contribution in [0.1, 0.15) is 13.8 Å². The Morgan fingerprint density at radius 3 is 2.88 bits per heavy atom. The molecule has 1 atom stereocenters. The number of aromatic nitrogens is 3. The Balaban J connectivity index is 2.28. The summed E-state index contributed by atoms with van der Waals surface area (Å²) < 4.78 is 2.59. The topological polar surface area (TPSA) is 62.5 Å². The predicted octanol–water partition coefficient (Wildman–Crippen LogP) is 1.92. The summed E-state index contributed by atoms with van der Waals surface area (Å²) in [7, 11) is 0. The lowest BCUT2D eigenvalue weighted by molar-refractivity contribution is 0.248. The van der Waals surface area contributed by atoms with E-state index in [0.717, 1.165) is 10.1 Å². The van der Waals surface area contributed by atoms with E-state index in [4.69, 9.17) is 0 Å². The van der Waals surface area contributed by atoms with Crippen LogP contribution in [0.4, 0.5) is 5.95 Å². The van der Waals surface area contributed by atoms with Crippen molar-refractivity contribution >= 4 is 27.5 Å². The quantitative estimate of drug-likeness (QED) is 0.905. The van der Waals surface area contributed by atoms with Crippen molar-refractivity contribution in [3.05, 3.63) is 22.8 Å². The molecule has 1 unspecified atom stereocenters. The highest BCUT2D eigenvalue weighted by Gasteiger charge is 2.14. The number of anilines is 1. The number of rotatable bonds is 4. The van der Waals surface area contributed by atoms with Gasteiger partial charge in [0.15, 0.2) is 5.65 Å². The maximum absolute atomic E-state index is 9.25. The monoisotopic (exact) mass is 298 g/mol. The molecule has 92 valence electrons. The average molecular weight is 299 g/mol. The molecule has 2 aromatic rings. The van der Waals surface area contributed by atoms with E-state index in [1.807, 2.05) is 32.2 Å². The second kappa shape index (κ2) is 5.01. The van der Waals surface area contributed by atoms with Crippen LogP contribution >= 0.6 is 15.9 Å². The van der Waals surface area contributed by atoms with Gasteiger partial charge in [-0.3, -0.25) is 0 Å². The molecule has 0 aliphatic carbocycles. The van der Waals surface area contributed by atoms with E-state index in [1.165, 1.54) is 0 Å². The van der Waals surface area contributed by atoms with Crippen molar-refractivity contribution in [1.82, 2.24) is 14.6 Å². The zero-order valence-electron chi connectivity index (χ0n) is 9.76. The maximum Gasteiger partial charge on any atom is 0.243 e. The summed E-state index contributed by atoms with van der Waals surface area (Å²) in [5.74, 6) is 0.847. The zero-order valence-corrected chi connectivity index (χ0v) is 11.3. The highest BCUT2D eigenvalue weighted by molar-refractivity contribution is 9.10. The van der Waals surface area contributed by atoms with Crippen molar-refractivity contribution in [3.63, 3.8) is 0 Å². The van der Waals surface area contributed by atoms with Crippen LogP contribution in [0.2, 0.25) is 0 Å². The van der Waals surface area contributed by atoms with Crippen molar-refractivity contribution < 1.29 is 5.11 Å². The van der Waals surface area contributed by atoms with Crippen molar-refractivity contribution in [2.75, 3.05) is 11.9 Å². The molecule has 0 fully saturated rings. The summed E-state index contributed by atoms with van der Waals surface area (Å²) >= 11 is 3.42. The Morgan fingerprint density at radius 1 is 1.53 bits per heavy atom. The number of nitrogens with zero attached hydrogens (tertiary/aromatic N) is 3. The van der Waals surface area contributed by atoms with Crippen LogP contribution in [-0.2, 0) is 0 Å². The van der Waals surface area contributed by atoms with E-state index in [-0.39, 0.29) is 12.6 Å². The number of hydrogen-bond acceptors (Lipinski definition) is 4. The molecule has 2 N–H and O–H groups in total. The van der Waals surface area contributed by atoms with Gasteiger partial charge in [0.2, 0.25) is 5.95 Å². The van der Waals surface area contributed by atoms with Crippen LogP contribution in [0, 0.1) is 5.92 Å². The van der Waals surface area contributed by atoms with Gasteiger partial charge >= 0.3 is 0 Å². The van der Waals surface area contributed by atoms with E-state index in [0.29, 0.717) is 11.9 Å². The first-order valence-electron chi connectivity index (χ1n) is 5.50. The summed E-state index contributed by atoms with van der Waals surface area (Å²) in [6, 6.07) is 3.77. The molecule has 0 aromatic carbocycles. The molecule has 6 heteroatoms. The smallest absolute Gasteiger partial charge is 0.243 e. The number of nitrogens with one attached hydrogen (secondary N) is 1. The Bertz CT molecular complexity index is 511. The van der Waals surface area contributed by atoms with Crippen molar-refractivity contribution in [2.24, 2.45) is 5.92 Å². The Hall–Kier alpha value is -1.14. The summed E-state index contributed by atoms with van der Waals surface area (Å²) in [6.07, 6.45) is 1.83. The van der Waals surface area contributed by atoms with E-state index < -0.39 is 0 Å². The lowest BCUT2D eigenvalue weighted by atomic mass is 10.1. The Kier molecular flexibility index (Phi) is 3.63. The van der Waals surface area contributed by atoms with Crippen LogP contribution in [0.25, 0.3) is 5.65 Å². The standard InChI is InChI=1S/C11H15BrN4O/c1-7(2)9(6-17)13-11-14-10-8(12)4-3-5-16(10)15-11/h3-5,7,9,17H,6H2,1-2H3,(H,13,15). The van der Waals surface area contributed by atoms with Gasteiger partial charge in [0.05, 0.1) is 17.1 Å². The third-order valence-electron chi connectivity index (χ3n) is 2.63. The van der Waals surface area contributed by atoms with Gasteiger partial charge in [-0.05, 0) is 34.0 Å². The summed E-state index contributed by atoms with van der Waals surface area (Å²) in [5.41, 5.74) is 0.760. The minimum atomic E-state index is -0.0359. The molecule has 17 heavy (non-hydrogen) atoms. The first-order chi connectivity index (χ1) is 8.11. The maximum atomic E-state index is 9.25. The summed E-state index contributed by atoms with van der Waals surface area (Å²) in [5, 5.41) is 16.7. The molecule has 2 rings (SSSR count). The second-order valence-electron chi connectivity index (χ2n) is 4.24. The lowest BCUT2D eigenvalue weighted by Gasteiger charge is -2.18. The molecule has 0 aliphatic rings. The van der Waals surface area contributed by atoms with Gasteiger partial charge in [0.25, 0.3) is 0 Å². The van der Waals surface area contributed by atoms with Gasteiger partial charge in [-0.25, -0.2) is 4.52 Å². The Labute approximate surface area is 108 Å². The largest absolute Gasteiger partial charge is 0.394 e. The molecular formula is C11H15BrN4O. The van der Waals surface area contributed by atoms with Gasteiger partial charge in [0.1, 0.15) is 0 Å². The normalized spacial score (nSPS) is 13.2. The van der Waals surface area contributed by atoms with Gasteiger partial charge in [-0.15, -0.1) is 5.10 Å². The fraction of sp³-hybridized carbons (Fsp3) is 0.455. The third kappa shape index (κ3) is 2.58. The number of pyridine rings is 1. The second-order valence-corrected chi connectivity index (χ2v) is 5.09. The van der Waals surface area contributed by atoms with Crippen molar-refractivity contribution in [2.45, 2.75) is 19.9 Å². The van der Waals surface area contributed by atoms with E-state index >= 15 is 0 Å². The minimum absolute atomic E-state index is 0.0359. The van der Waals surface area contributed by atoms with Crippen LogP contribution in [0.5, 0.6) is 0 Å². The van der Waals surface area contributed by atoms with Crippen LogP contribution < -0.4 is 5.32 Å². The number of hydrogen-bond donors (Lipinski definition) is 2. The first-order valence-corrected chi connectivity index (χ1v) is 6.29. The van der Waals surface area contributed by atoms with E-state index in [9.17, 15) is 5.11 Å². The molecular weight excluding hydrogens is 284 g/mol. The van der Waals surface area contributed by atoms with E-state index in [2.05, 4.69) is 31.3 Å². The number of aliphatic hydroxyl groups is 1. The van der Waals surface area contributed by atoms with Gasteiger partial charge in [-0.2, -0.15) is 4.98 Å². The minimum Gasteiger partial charge on any atom is -0.394 e. The van der Waals surface area contributed by atoms with Crippen LogP contribution in [0.15, 0.2) is 22.8 Å². The molecule has 2 aromatic heterocycles. The molecule has 0 aliphatic heterocycles. The van der Waals surface area contributed by atoms with Crippen molar-refractivity contribution in [1.29, 1.82) is 0 Å². The highest BCUT2D eigenvalue weighted by atomic mass is 79.9. The van der Waals surface area contributed by atoms with Gasteiger partial charge < -0.3 is 10.4 Å². The fourth-order valence-electron chi connectivity index (χ4n) is 1.52. The summed E-state index contributed by atoms with van der Waals surface area (Å²) in [4.78, 5) is 4.37. The van der Waals surface area contributed by atoms with Gasteiger partial charge in [-0.1, -0.05) is 13.8 Å². The van der Waals surface area contributed by atoms with E-state index in [1.54, 1.807) is 4.52 Å². The fourth-order valence-corrected chi connectivity index (χ4v) is 1.95. The number of halogens is 1. The SMILES string of the molecule is CC(C)C(CO)Nc1nc2c(Br)cccn2n1. The molecule has 5 nitrogen and oxygen atoms in total. The molecule has 0 spiro atoms. The summed E-state index contributed by atoms with van der Waals surface area (Å²) in [6.45, 7) is 4.15. The molecule has 0 saturated carbocycles. The third-order valence-corrected chi connectivity index (χ3v) is 3.25. The number of aliphatic hydroxyl groups excluding tert-OH is 1. The Morgan fingerprint density at radius 2 is 2.29 bits per heavy atom. The predicted molar refractivity (Wildman–Crippen MR) is 70.0 cm³/mol. The lowest BCUT2D eigenvalue weighted by Crippen LogP contribution is -2.29. The van der Waals surface area contributed by atoms with Crippen LogP contribution in [-0.4, -0.2) is 32.4 Å². The average Bonchev–Trinajstić information content (AvgIpc) is 2.69. The molecule has 0 amide bonds. The van der Waals surface area contributed by atoms with Gasteiger partial charge in [0, 0.05) is 6.20 Å². The molecule has 2 heterocycles. The first kappa shape index (κ1) is 12.3. The number of fused-ring (bicyclic) bond motifs is 1. The highest BCUT2D eigenvalue weighted by Crippen LogP contribution is 2.17. The van der Waals surface area contributed by atoms with Crippen LogP contribution in [0.3, 0.4) is 0 Å².